The fourth-order valence-corrected chi connectivity index (χ4v) is 4.07. The molecule has 0 radical (unpaired) electrons. The second kappa shape index (κ2) is 18.7. The number of methoxy groups -OCH3 is 1. The lowest BCUT2D eigenvalue weighted by molar-refractivity contribution is 0.242. The van der Waals surface area contributed by atoms with E-state index in [0.717, 1.165) is 43.7 Å². The van der Waals surface area contributed by atoms with Gasteiger partial charge in [-0.25, -0.2) is 4.98 Å². The van der Waals surface area contributed by atoms with Crippen LogP contribution in [0.5, 0.6) is 0 Å². The number of nitrogens with zero attached hydrogens (tertiary/aromatic N) is 4. The summed E-state index contributed by atoms with van der Waals surface area (Å²) < 4.78 is 10.9. The molecule has 0 amide bonds. The molecule has 1 aliphatic rings. The molecule has 0 saturated carbocycles. The molecular formula is C25H44N4O2S. The number of aryl methyl sites for hydroxylation is 1. The van der Waals surface area contributed by atoms with Crippen molar-refractivity contribution in [3.8, 4) is 0 Å². The molecule has 3 rings (SSSR count). The van der Waals surface area contributed by atoms with Gasteiger partial charge in [0.1, 0.15) is 10.2 Å². The second-order valence-corrected chi connectivity index (χ2v) is 7.93. The third-order valence-electron chi connectivity index (χ3n) is 4.78. The average Bonchev–Trinajstić information content (AvgIpc) is 3.42. The van der Waals surface area contributed by atoms with Gasteiger partial charge in [-0.15, -0.1) is 0 Å². The van der Waals surface area contributed by atoms with Crippen LogP contribution in [0.4, 0.5) is 0 Å². The number of hydrogen-bond acceptors (Lipinski definition) is 6. The van der Waals surface area contributed by atoms with Gasteiger partial charge in [0.25, 0.3) is 5.56 Å². The third kappa shape index (κ3) is 10.2. The molecule has 0 aliphatic carbocycles. The van der Waals surface area contributed by atoms with Crippen LogP contribution in [-0.4, -0.2) is 52.2 Å². The fourth-order valence-electron chi connectivity index (χ4n) is 3.27. The maximum absolute atomic E-state index is 12.4. The average molecular weight is 465 g/mol. The summed E-state index contributed by atoms with van der Waals surface area (Å²) in [6.45, 7) is 15.3. The number of fused-ring (bicyclic) bond motifs is 1. The maximum atomic E-state index is 12.4. The van der Waals surface area contributed by atoms with Gasteiger partial charge in [0.05, 0.1) is 12.0 Å². The lowest BCUT2D eigenvalue weighted by atomic mass is 10.2. The molecule has 0 aromatic carbocycles. The van der Waals surface area contributed by atoms with E-state index >= 15 is 0 Å². The topological polar surface area (TPSA) is 60.2 Å². The zero-order valence-corrected chi connectivity index (χ0v) is 22.2. The number of hydrogen-bond donors (Lipinski definition) is 0. The summed E-state index contributed by atoms with van der Waals surface area (Å²) in [6.07, 6.45) is 14.8. The Labute approximate surface area is 199 Å². The minimum atomic E-state index is 0.0542. The van der Waals surface area contributed by atoms with Crippen LogP contribution in [-0.2, 0) is 11.3 Å². The van der Waals surface area contributed by atoms with E-state index in [1.807, 2.05) is 20.8 Å². The number of allylic oxidation sites excluding steroid dienone is 4. The van der Waals surface area contributed by atoms with E-state index in [2.05, 4.69) is 64.1 Å². The number of rotatable bonds is 6. The standard InChI is InChI=1S/C13H18N4OS.C8H14.C2H6O.C2H6/c1-3-16-6-4-5-10(16)7-17-8-14-11-9(2)15-19-12(11)13(17)18;1-3-5-7-8-6-4-2;1-3-2;1-2/h8,10H,3-7H2,1-2H3;5-8H,3-4H2,1-2H3;1-2H3;1-2H3/b;7-5-,8-6-;;. The molecule has 7 heteroatoms. The first kappa shape index (κ1) is 30.2. The van der Waals surface area contributed by atoms with Gasteiger partial charge in [0.2, 0.25) is 0 Å². The smallest absolute Gasteiger partial charge is 0.272 e. The normalized spacial score (nSPS) is 15.8. The summed E-state index contributed by atoms with van der Waals surface area (Å²) >= 11 is 1.26. The van der Waals surface area contributed by atoms with E-state index in [9.17, 15) is 4.79 Å². The summed E-state index contributed by atoms with van der Waals surface area (Å²) in [7, 11) is 3.25. The molecule has 2 aromatic rings. The third-order valence-corrected chi connectivity index (χ3v) is 5.70. The fraction of sp³-hybridized carbons (Fsp3) is 0.640. The largest absolute Gasteiger partial charge is 0.388 e. The summed E-state index contributed by atoms with van der Waals surface area (Å²) in [5, 5.41) is 0. The van der Waals surface area contributed by atoms with Crippen LogP contribution in [0.25, 0.3) is 10.2 Å². The van der Waals surface area contributed by atoms with Crippen LogP contribution in [0.1, 0.15) is 66.0 Å². The lowest BCUT2D eigenvalue weighted by Crippen LogP contribution is -2.35. The predicted octanol–water partition coefficient (Wildman–Crippen LogP) is 5.85. The van der Waals surface area contributed by atoms with Gasteiger partial charge in [-0.1, -0.05) is 58.9 Å². The minimum absolute atomic E-state index is 0.0542. The van der Waals surface area contributed by atoms with Gasteiger partial charge < -0.3 is 4.74 Å². The van der Waals surface area contributed by atoms with Gasteiger partial charge >= 0.3 is 0 Å². The van der Waals surface area contributed by atoms with E-state index in [-0.39, 0.29) is 5.56 Å². The molecule has 0 bridgehead atoms. The van der Waals surface area contributed by atoms with Crippen LogP contribution in [0, 0.1) is 6.92 Å². The molecule has 32 heavy (non-hydrogen) atoms. The Balaban J connectivity index is 0.000000623. The SMILES string of the molecule is CC.CC/C=C\C=C/CC.CCN1CCCC1Cn1cnc2c(C)nsc2c1=O.COC. The Hall–Kier alpha value is -1.83. The molecule has 3 heterocycles. The highest BCUT2D eigenvalue weighted by atomic mass is 32.1. The summed E-state index contributed by atoms with van der Waals surface area (Å²) in [6, 6.07) is 0.468. The van der Waals surface area contributed by atoms with Crippen molar-refractivity contribution >= 4 is 21.7 Å². The van der Waals surface area contributed by atoms with E-state index in [4.69, 9.17) is 0 Å². The first-order valence-corrected chi connectivity index (χ1v) is 12.6. The number of aromatic nitrogens is 3. The molecule has 1 fully saturated rings. The second-order valence-electron chi connectivity index (χ2n) is 7.15. The lowest BCUT2D eigenvalue weighted by Gasteiger charge is -2.23. The summed E-state index contributed by atoms with van der Waals surface area (Å²) in [5.41, 5.74) is 1.66. The number of likely N-dealkylation sites (tertiary alicyclic amines) is 1. The van der Waals surface area contributed by atoms with Crippen molar-refractivity contribution in [3.05, 3.63) is 46.7 Å². The predicted molar refractivity (Wildman–Crippen MR) is 140 cm³/mol. The van der Waals surface area contributed by atoms with Crippen LogP contribution >= 0.6 is 11.5 Å². The molecular weight excluding hydrogens is 420 g/mol. The highest BCUT2D eigenvalue weighted by Crippen LogP contribution is 2.19. The summed E-state index contributed by atoms with van der Waals surface area (Å²) in [4.78, 5) is 19.2. The molecule has 0 N–H and O–H groups in total. The quantitative estimate of drug-likeness (QED) is 0.502. The minimum Gasteiger partial charge on any atom is -0.388 e. The van der Waals surface area contributed by atoms with E-state index in [1.54, 1.807) is 25.1 Å². The van der Waals surface area contributed by atoms with Gasteiger partial charge in [-0.3, -0.25) is 14.3 Å². The van der Waals surface area contributed by atoms with Crippen molar-refractivity contribution in [1.29, 1.82) is 0 Å². The molecule has 1 saturated heterocycles. The zero-order valence-electron chi connectivity index (χ0n) is 21.4. The van der Waals surface area contributed by atoms with Gasteiger partial charge in [-0.2, -0.15) is 4.37 Å². The highest BCUT2D eigenvalue weighted by Gasteiger charge is 2.24. The molecule has 0 spiro atoms. The monoisotopic (exact) mass is 464 g/mol. The number of likely N-dealkylation sites (N-methyl/N-ethyl adjacent to an activating group) is 1. The van der Waals surface area contributed by atoms with Crippen LogP contribution < -0.4 is 5.56 Å². The Morgan fingerprint density at radius 2 is 1.75 bits per heavy atom. The Kier molecular flexibility index (Phi) is 17.6. The van der Waals surface area contributed by atoms with Crippen molar-refractivity contribution in [2.45, 2.75) is 79.8 Å². The molecule has 182 valence electrons. The van der Waals surface area contributed by atoms with Crippen molar-refractivity contribution in [2.24, 2.45) is 0 Å². The Morgan fingerprint density at radius 1 is 1.16 bits per heavy atom. The summed E-state index contributed by atoms with van der Waals surface area (Å²) in [5.74, 6) is 0. The number of ether oxygens (including phenoxy) is 1. The Morgan fingerprint density at radius 3 is 2.28 bits per heavy atom. The molecule has 1 aliphatic heterocycles. The van der Waals surface area contributed by atoms with Gasteiger partial charge in [-0.05, 0) is 57.2 Å². The van der Waals surface area contributed by atoms with E-state index in [1.165, 1.54) is 24.4 Å². The Bertz CT molecular complexity index is 830. The van der Waals surface area contributed by atoms with Gasteiger partial charge in [0.15, 0.2) is 0 Å². The van der Waals surface area contributed by atoms with Crippen molar-refractivity contribution < 1.29 is 4.74 Å². The highest BCUT2D eigenvalue weighted by molar-refractivity contribution is 7.13. The van der Waals surface area contributed by atoms with E-state index < -0.39 is 0 Å². The molecule has 2 aromatic heterocycles. The first-order chi connectivity index (χ1) is 15.5. The van der Waals surface area contributed by atoms with Gasteiger partial charge in [0, 0.05) is 26.8 Å². The zero-order chi connectivity index (χ0) is 24.4. The first-order valence-electron chi connectivity index (χ1n) is 11.8. The molecule has 6 nitrogen and oxygen atoms in total. The maximum Gasteiger partial charge on any atom is 0.272 e. The molecule has 1 atom stereocenters. The van der Waals surface area contributed by atoms with Crippen molar-refractivity contribution in [1.82, 2.24) is 18.8 Å². The van der Waals surface area contributed by atoms with Crippen molar-refractivity contribution in [3.63, 3.8) is 0 Å². The van der Waals surface area contributed by atoms with E-state index in [0.29, 0.717) is 10.7 Å². The van der Waals surface area contributed by atoms with Crippen LogP contribution in [0.15, 0.2) is 35.4 Å². The molecule has 1 unspecified atom stereocenters. The van der Waals surface area contributed by atoms with Crippen molar-refractivity contribution in [2.75, 3.05) is 27.3 Å². The van der Waals surface area contributed by atoms with Crippen LogP contribution in [0.2, 0.25) is 0 Å². The van der Waals surface area contributed by atoms with Crippen LogP contribution in [0.3, 0.4) is 0 Å².